The highest BCUT2D eigenvalue weighted by Gasteiger charge is 2.35. The molecule has 5 nitrogen and oxygen atoms in total. The van der Waals surface area contributed by atoms with Crippen molar-refractivity contribution in [2.75, 3.05) is 4.90 Å². The Balaban J connectivity index is 1.78. The third-order valence-electron chi connectivity index (χ3n) is 5.98. The Kier molecular flexibility index (Phi) is 5.57. The molecular weight excluding hydrogens is 418 g/mol. The molecule has 0 atom stereocenters. The quantitative estimate of drug-likeness (QED) is 0.358. The third kappa shape index (κ3) is 3.67. The van der Waals surface area contributed by atoms with E-state index in [9.17, 15) is 9.59 Å². The van der Waals surface area contributed by atoms with Crippen molar-refractivity contribution < 1.29 is 9.59 Å². The zero-order chi connectivity index (χ0) is 23.2. The number of anilines is 1. The van der Waals surface area contributed by atoms with E-state index in [0.29, 0.717) is 5.69 Å². The number of nitrogens with one attached hydrogen (secondary N) is 1. The fourth-order valence-corrected chi connectivity index (χ4v) is 4.31. The number of aromatic nitrogens is 1. The molecule has 2 aromatic carbocycles. The number of hydrogen-bond acceptors (Lipinski definition) is 3. The van der Waals surface area contributed by atoms with Gasteiger partial charge in [-0.3, -0.25) is 19.8 Å². The molecule has 6 heteroatoms. The molecule has 0 radical (unpaired) electrons. The molecule has 1 aromatic heterocycles. The number of aryl methyl sites for hydroxylation is 3. The maximum atomic E-state index is 13.4. The molecule has 0 saturated carbocycles. The Hall–Kier alpha value is -3.51. The second-order valence-corrected chi connectivity index (χ2v) is 8.56. The maximum absolute atomic E-state index is 13.4. The molecule has 32 heavy (non-hydrogen) atoms. The number of carbonyl (C=O) groups is 2. The van der Waals surface area contributed by atoms with Crippen LogP contribution in [-0.4, -0.2) is 21.5 Å². The van der Waals surface area contributed by atoms with Crippen molar-refractivity contribution in [1.82, 2.24) is 9.88 Å². The van der Waals surface area contributed by atoms with Crippen LogP contribution in [0.25, 0.3) is 11.8 Å². The second-order valence-electron chi connectivity index (χ2n) is 8.17. The molecule has 2 heterocycles. The molecule has 1 aliphatic heterocycles. The van der Waals surface area contributed by atoms with Crippen LogP contribution in [0.2, 0.25) is 0 Å². The summed E-state index contributed by atoms with van der Waals surface area (Å²) in [5, 5.41) is 2.77. The highest BCUT2D eigenvalue weighted by molar-refractivity contribution is 7.80. The molecule has 1 saturated heterocycles. The normalized spacial score (nSPS) is 15.5. The van der Waals surface area contributed by atoms with E-state index in [4.69, 9.17) is 12.2 Å². The number of thiocarbonyl (C=S) groups is 1. The smallest absolute Gasteiger partial charge is 0.270 e. The first-order valence-corrected chi connectivity index (χ1v) is 10.8. The first-order valence-electron chi connectivity index (χ1n) is 10.4. The van der Waals surface area contributed by atoms with Gasteiger partial charge in [-0.25, -0.2) is 0 Å². The van der Waals surface area contributed by atoms with Crippen LogP contribution in [-0.2, 0) is 9.59 Å². The lowest BCUT2D eigenvalue weighted by molar-refractivity contribution is -0.122. The predicted octanol–water partition coefficient (Wildman–Crippen LogP) is 4.85. The SMILES string of the molecule is Cc1ccc(-n2c(C)cc(/C=C3\C(=O)NC(=S)N(c4cccc(C)c4C)C3=O)c2C)cc1. The molecule has 1 aliphatic rings. The third-order valence-corrected chi connectivity index (χ3v) is 6.27. The van der Waals surface area contributed by atoms with Crippen molar-refractivity contribution in [3.05, 3.63) is 87.7 Å². The average molecular weight is 444 g/mol. The van der Waals surface area contributed by atoms with E-state index in [1.165, 1.54) is 10.5 Å². The number of rotatable bonds is 3. The molecule has 0 aliphatic carbocycles. The van der Waals surface area contributed by atoms with Crippen molar-refractivity contribution in [1.29, 1.82) is 0 Å². The lowest BCUT2D eigenvalue weighted by atomic mass is 10.0. The minimum Gasteiger partial charge on any atom is -0.318 e. The first-order chi connectivity index (χ1) is 15.2. The van der Waals surface area contributed by atoms with E-state index in [0.717, 1.165) is 33.8 Å². The zero-order valence-corrected chi connectivity index (χ0v) is 19.6. The van der Waals surface area contributed by atoms with Gasteiger partial charge in [-0.1, -0.05) is 29.8 Å². The standard InChI is InChI=1S/C26H25N3O2S/c1-15-9-11-21(12-10-15)28-17(3)13-20(19(28)5)14-22-24(30)27-26(32)29(25(22)31)23-8-6-7-16(2)18(23)4/h6-14H,1-5H3,(H,27,30,32)/b22-14+. The molecule has 162 valence electrons. The molecular formula is C26H25N3O2S. The van der Waals surface area contributed by atoms with Crippen LogP contribution in [0.15, 0.2) is 54.1 Å². The van der Waals surface area contributed by atoms with Gasteiger partial charge in [-0.05, 0) is 93.9 Å². The Labute approximate surface area is 193 Å². The van der Waals surface area contributed by atoms with Gasteiger partial charge in [0.25, 0.3) is 11.8 Å². The Bertz CT molecular complexity index is 1300. The van der Waals surface area contributed by atoms with E-state index >= 15 is 0 Å². The highest BCUT2D eigenvalue weighted by Crippen LogP contribution is 2.28. The van der Waals surface area contributed by atoms with Crippen molar-refractivity contribution in [2.45, 2.75) is 34.6 Å². The molecule has 1 N–H and O–H groups in total. The molecule has 3 aromatic rings. The zero-order valence-electron chi connectivity index (χ0n) is 18.8. The van der Waals surface area contributed by atoms with Crippen LogP contribution in [0.3, 0.4) is 0 Å². The van der Waals surface area contributed by atoms with Crippen LogP contribution >= 0.6 is 12.2 Å². The van der Waals surface area contributed by atoms with E-state index in [2.05, 4.69) is 41.1 Å². The summed E-state index contributed by atoms with van der Waals surface area (Å²) < 4.78 is 2.12. The summed E-state index contributed by atoms with van der Waals surface area (Å²) in [4.78, 5) is 27.6. The molecule has 2 amide bonds. The highest BCUT2D eigenvalue weighted by atomic mass is 32.1. The summed E-state index contributed by atoms with van der Waals surface area (Å²) in [5.41, 5.74) is 7.72. The summed E-state index contributed by atoms with van der Waals surface area (Å²) in [6.07, 6.45) is 1.66. The number of benzene rings is 2. The van der Waals surface area contributed by atoms with E-state index < -0.39 is 11.8 Å². The Morgan fingerprint density at radius 1 is 0.938 bits per heavy atom. The van der Waals surface area contributed by atoms with Crippen molar-refractivity contribution in [2.24, 2.45) is 0 Å². The first kappa shape index (κ1) is 21.7. The van der Waals surface area contributed by atoms with Crippen LogP contribution in [0.1, 0.15) is 33.6 Å². The minimum atomic E-state index is -0.485. The van der Waals surface area contributed by atoms with E-state index in [1.807, 2.05) is 52.0 Å². The fraction of sp³-hybridized carbons (Fsp3) is 0.192. The molecule has 0 spiro atoms. The van der Waals surface area contributed by atoms with E-state index in [-0.39, 0.29) is 10.7 Å². The number of nitrogens with zero attached hydrogens (tertiary/aromatic N) is 2. The van der Waals surface area contributed by atoms with Gasteiger partial charge in [-0.2, -0.15) is 0 Å². The lowest BCUT2D eigenvalue weighted by Gasteiger charge is -2.30. The van der Waals surface area contributed by atoms with Gasteiger partial charge in [0.05, 0.1) is 5.69 Å². The van der Waals surface area contributed by atoms with E-state index in [1.54, 1.807) is 6.08 Å². The van der Waals surface area contributed by atoms with Crippen molar-refractivity contribution >= 4 is 40.9 Å². The maximum Gasteiger partial charge on any atom is 0.270 e. The molecule has 1 fully saturated rings. The van der Waals surface area contributed by atoms with Crippen molar-refractivity contribution in [3.8, 4) is 5.69 Å². The number of hydrogen-bond donors (Lipinski definition) is 1. The fourth-order valence-electron chi connectivity index (χ4n) is 4.03. The van der Waals surface area contributed by atoms with Crippen LogP contribution < -0.4 is 10.2 Å². The molecule has 0 unspecified atom stereocenters. The van der Waals surface area contributed by atoms with Gasteiger partial charge in [-0.15, -0.1) is 0 Å². The summed E-state index contributed by atoms with van der Waals surface area (Å²) in [6.45, 7) is 9.96. The van der Waals surface area contributed by atoms with Crippen molar-refractivity contribution in [3.63, 3.8) is 0 Å². The Morgan fingerprint density at radius 3 is 2.31 bits per heavy atom. The van der Waals surface area contributed by atoms with Gasteiger partial charge in [0.2, 0.25) is 0 Å². The van der Waals surface area contributed by atoms with Gasteiger partial charge in [0.1, 0.15) is 5.57 Å². The summed E-state index contributed by atoms with van der Waals surface area (Å²) >= 11 is 5.35. The largest absolute Gasteiger partial charge is 0.318 e. The van der Waals surface area contributed by atoms with Gasteiger partial charge >= 0.3 is 0 Å². The molecule has 4 rings (SSSR count). The van der Waals surface area contributed by atoms with Crippen LogP contribution in [0, 0.1) is 34.6 Å². The van der Waals surface area contributed by atoms with Crippen LogP contribution in [0.4, 0.5) is 5.69 Å². The average Bonchev–Trinajstić information content (AvgIpc) is 3.02. The number of carbonyl (C=O) groups excluding carboxylic acids is 2. The molecule has 0 bridgehead atoms. The minimum absolute atomic E-state index is 0.0589. The summed E-state index contributed by atoms with van der Waals surface area (Å²) in [5.74, 6) is -0.908. The summed E-state index contributed by atoms with van der Waals surface area (Å²) in [6, 6.07) is 15.9. The predicted molar refractivity (Wildman–Crippen MR) is 132 cm³/mol. The Morgan fingerprint density at radius 2 is 1.62 bits per heavy atom. The summed E-state index contributed by atoms with van der Waals surface area (Å²) in [7, 11) is 0. The number of amides is 2. The van der Waals surface area contributed by atoms with Gasteiger partial charge in [0.15, 0.2) is 5.11 Å². The topological polar surface area (TPSA) is 54.3 Å². The monoisotopic (exact) mass is 443 g/mol. The second kappa shape index (κ2) is 8.20. The van der Waals surface area contributed by atoms with Crippen LogP contribution in [0.5, 0.6) is 0 Å². The van der Waals surface area contributed by atoms with Gasteiger partial charge in [0, 0.05) is 17.1 Å². The lowest BCUT2D eigenvalue weighted by Crippen LogP contribution is -2.54. The van der Waals surface area contributed by atoms with Gasteiger partial charge < -0.3 is 4.57 Å².